The minimum absolute atomic E-state index is 0.0424. The largest absolute Gasteiger partial charge is 0.352 e. The third kappa shape index (κ3) is 2.61. The second-order valence-electron chi connectivity index (χ2n) is 4.93. The molecule has 1 fully saturated rings. The third-order valence-corrected chi connectivity index (χ3v) is 3.61. The summed E-state index contributed by atoms with van der Waals surface area (Å²) in [4.78, 5) is 12.1. The molecule has 0 aliphatic carbocycles. The summed E-state index contributed by atoms with van der Waals surface area (Å²) >= 11 is 0. The SMILES string of the molecule is O=C(NCCC1CCCN1)c1cnn2ccccc12. The van der Waals surface area contributed by atoms with E-state index in [1.165, 1.54) is 12.8 Å². The highest BCUT2D eigenvalue weighted by atomic mass is 16.1. The molecular formula is C14H18N4O. The van der Waals surface area contributed by atoms with Crippen molar-refractivity contribution >= 4 is 11.4 Å². The lowest BCUT2D eigenvalue weighted by atomic mass is 10.1. The van der Waals surface area contributed by atoms with Gasteiger partial charge in [-0.15, -0.1) is 0 Å². The molecule has 2 N–H and O–H groups in total. The van der Waals surface area contributed by atoms with E-state index in [2.05, 4.69) is 15.7 Å². The minimum Gasteiger partial charge on any atom is -0.352 e. The first-order chi connectivity index (χ1) is 9.34. The fourth-order valence-corrected chi connectivity index (χ4v) is 2.57. The standard InChI is InChI=1S/C14H18N4O/c19-14(16-8-6-11-4-3-7-15-11)12-10-17-18-9-2-1-5-13(12)18/h1-2,5,9-11,15H,3-4,6-8H2,(H,16,19). The summed E-state index contributed by atoms with van der Waals surface area (Å²) < 4.78 is 1.72. The van der Waals surface area contributed by atoms with Crippen molar-refractivity contribution in [2.24, 2.45) is 0 Å². The average molecular weight is 258 g/mol. The van der Waals surface area contributed by atoms with Crippen LogP contribution in [0.1, 0.15) is 29.6 Å². The van der Waals surface area contributed by atoms with Gasteiger partial charge < -0.3 is 10.6 Å². The first-order valence-electron chi connectivity index (χ1n) is 6.78. The second kappa shape index (κ2) is 5.40. The van der Waals surface area contributed by atoms with Gasteiger partial charge in [0.25, 0.3) is 5.91 Å². The smallest absolute Gasteiger partial charge is 0.255 e. The van der Waals surface area contributed by atoms with Gasteiger partial charge in [-0.25, -0.2) is 4.52 Å². The Balaban J connectivity index is 1.60. The molecule has 100 valence electrons. The normalized spacial score (nSPS) is 18.8. The van der Waals surface area contributed by atoms with E-state index in [1.54, 1.807) is 10.7 Å². The molecule has 3 rings (SSSR count). The van der Waals surface area contributed by atoms with Gasteiger partial charge in [-0.2, -0.15) is 5.10 Å². The number of nitrogens with zero attached hydrogens (tertiary/aromatic N) is 2. The number of carbonyl (C=O) groups is 1. The number of nitrogens with one attached hydrogen (secondary N) is 2. The summed E-state index contributed by atoms with van der Waals surface area (Å²) in [6.07, 6.45) is 6.91. The summed E-state index contributed by atoms with van der Waals surface area (Å²) in [6, 6.07) is 6.27. The fraction of sp³-hybridized carbons (Fsp3) is 0.429. The van der Waals surface area contributed by atoms with Crippen molar-refractivity contribution < 1.29 is 4.79 Å². The van der Waals surface area contributed by atoms with Crippen LogP contribution in [0.15, 0.2) is 30.6 Å². The third-order valence-electron chi connectivity index (χ3n) is 3.61. The monoisotopic (exact) mass is 258 g/mol. The van der Waals surface area contributed by atoms with Crippen LogP contribution in [0.5, 0.6) is 0 Å². The first kappa shape index (κ1) is 12.2. The van der Waals surface area contributed by atoms with Crippen molar-refractivity contribution in [1.29, 1.82) is 0 Å². The molecule has 2 aromatic heterocycles. The zero-order chi connectivity index (χ0) is 13.1. The quantitative estimate of drug-likeness (QED) is 0.866. The molecule has 1 aliphatic rings. The second-order valence-corrected chi connectivity index (χ2v) is 4.93. The molecule has 5 heteroatoms. The first-order valence-corrected chi connectivity index (χ1v) is 6.78. The van der Waals surface area contributed by atoms with Crippen molar-refractivity contribution in [2.45, 2.75) is 25.3 Å². The number of aromatic nitrogens is 2. The Morgan fingerprint density at radius 2 is 2.47 bits per heavy atom. The summed E-state index contributed by atoms with van der Waals surface area (Å²) in [6.45, 7) is 1.81. The number of pyridine rings is 1. The Hall–Kier alpha value is -1.88. The molecule has 0 bridgehead atoms. The van der Waals surface area contributed by atoms with Crippen LogP contribution >= 0.6 is 0 Å². The van der Waals surface area contributed by atoms with Crippen LogP contribution in [-0.4, -0.2) is 34.7 Å². The number of amides is 1. The topological polar surface area (TPSA) is 58.4 Å². The van der Waals surface area contributed by atoms with Crippen LogP contribution in [0.2, 0.25) is 0 Å². The Kier molecular flexibility index (Phi) is 3.46. The molecular weight excluding hydrogens is 240 g/mol. The van der Waals surface area contributed by atoms with Crippen molar-refractivity contribution in [3.63, 3.8) is 0 Å². The maximum absolute atomic E-state index is 12.1. The van der Waals surface area contributed by atoms with Crippen LogP contribution in [0.4, 0.5) is 0 Å². The number of fused-ring (bicyclic) bond motifs is 1. The van der Waals surface area contributed by atoms with E-state index >= 15 is 0 Å². The zero-order valence-electron chi connectivity index (χ0n) is 10.8. The van der Waals surface area contributed by atoms with E-state index in [0.717, 1.165) is 18.5 Å². The van der Waals surface area contributed by atoms with E-state index in [-0.39, 0.29) is 5.91 Å². The molecule has 0 spiro atoms. The molecule has 1 atom stereocenters. The molecule has 1 aliphatic heterocycles. The summed E-state index contributed by atoms with van der Waals surface area (Å²) in [5, 5.41) is 10.6. The van der Waals surface area contributed by atoms with Crippen molar-refractivity contribution in [3.05, 3.63) is 36.2 Å². The van der Waals surface area contributed by atoms with Crippen molar-refractivity contribution in [2.75, 3.05) is 13.1 Å². The van der Waals surface area contributed by atoms with E-state index in [1.807, 2.05) is 24.4 Å². The number of carbonyl (C=O) groups excluding carboxylic acids is 1. The molecule has 3 heterocycles. The van der Waals surface area contributed by atoms with Crippen LogP contribution < -0.4 is 10.6 Å². The minimum atomic E-state index is -0.0424. The lowest BCUT2D eigenvalue weighted by Crippen LogP contribution is -2.30. The summed E-state index contributed by atoms with van der Waals surface area (Å²) in [7, 11) is 0. The molecule has 1 amide bonds. The van der Waals surface area contributed by atoms with Crippen molar-refractivity contribution in [3.8, 4) is 0 Å². The number of rotatable bonds is 4. The maximum Gasteiger partial charge on any atom is 0.255 e. The molecule has 1 saturated heterocycles. The molecule has 19 heavy (non-hydrogen) atoms. The molecule has 2 aromatic rings. The predicted octanol–water partition coefficient (Wildman–Crippen LogP) is 1.21. The van der Waals surface area contributed by atoms with E-state index in [9.17, 15) is 4.79 Å². The van der Waals surface area contributed by atoms with Gasteiger partial charge in [0, 0.05) is 18.8 Å². The number of hydrogen-bond donors (Lipinski definition) is 2. The Morgan fingerprint density at radius 1 is 1.53 bits per heavy atom. The summed E-state index contributed by atoms with van der Waals surface area (Å²) in [5.74, 6) is -0.0424. The van der Waals surface area contributed by atoms with Gasteiger partial charge in [-0.05, 0) is 37.9 Å². The molecule has 0 radical (unpaired) electrons. The van der Waals surface area contributed by atoms with E-state index < -0.39 is 0 Å². The molecule has 0 aromatic carbocycles. The lowest BCUT2D eigenvalue weighted by Gasteiger charge is -2.10. The van der Waals surface area contributed by atoms with Gasteiger partial charge in [0.15, 0.2) is 0 Å². The highest BCUT2D eigenvalue weighted by Gasteiger charge is 2.15. The highest BCUT2D eigenvalue weighted by Crippen LogP contribution is 2.10. The van der Waals surface area contributed by atoms with Crippen LogP contribution in [0, 0.1) is 0 Å². The predicted molar refractivity (Wildman–Crippen MR) is 73.2 cm³/mol. The van der Waals surface area contributed by atoms with Gasteiger partial charge in [0.2, 0.25) is 0 Å². The van der Waals surface area contributed by atoms with Gasteiger partial charge >= 0.3 is 0 Å². The molecule has 1 unspecified atom stereocenters. The lowest BCUT2D eigenvalue weighted by molar-refractivity contribution is 0.0954. The van der Waals surface area contributed by atoms with Crippen LogP contribution in [0.25, 0.3) is 5.52 Å². The van der Waals surface area contributed by atoms with Crippen molar-refractivity contribution in [1.82, 2.24) is 20.2 Å². The fourth-order valence-electron chi connectivity index (χ4n) is 2.57. The molecule has 0 saturated carbocycles. The number of hydrogen-bond acceptors (Lipinski definition) is 3. The van der Waals surface area contributed by atoms with Gasteiger partial charge in [0.1, 0.15) is 0 Å². The highest BCUT2D eigenvalue weighted by molar-refractivity contribution is 6.00. The van der Waals surface area contributed by atoms with Gasteiger partial charge in [-0.3, -0.25) is 4.79 Å². The average Bonchev–Trinajstić information content (AvgIpc) is 3.07. The van der Waals surface area contributed by atoms with Crippen LogP contribution in [-0.2, 0) is 0 Å². The van der Waals surface area contributed by atoms with Gasteiger partial charge in [-0.1, -0.05) is 6.07 Å². The maximum atomic E-state index is 12.1. The Morgan fingerprint density at radius 3 is 3.32 bits per heavy atom. The van der Waals surface area contributed by atoms with E-state index in [4.69, 9.17) is 0 Å². The Bertz CT molecular complexity index is 572. The molecule has 5 nitrogen and oxygen atoms in total. The van der Waals surface area contributed by atoms with Crippen LogP contribution in [0.3, 0.4) is 0 Å². The zero-order valence-corrected chi connectivity index (χ0v) is 10.8. The Labute approximate surface area is 112 Å². The van der Waals surface area contributed by atoms with Gasteiger partial charge in [0.05, 0.1) is 17.3 Å². The summed E-state index contributed by atoms with van der Waals surface area (Å²) in [5.41, 5.74) is 1.49. The van der Waals surface area contributed by atoms with E-state index in [0.29, 0.717) is 18.2 Å².